The lowest BCUT2D eigenvalue weighted by molar-refractivity contribution is -0.147. The number of carbonyl (C=O) groups is 2. The molecule has 6 heteroatoms. The molecular formula is C20H24N4O2. The van der Waals surface area contributed by atoms with E-state index in [4.69, 9.17) is 0 Å². The van der Waals surface area contributed by atoms with Gasteiger partial charge in [-0.2, -0.15) is 0 Å². The Bertz CT molecular complexity index is 861. The number of carbonyl (C=O) groups excluding carboxylic acids is 2. The van der Waals surface area contributed by atoms with E-state index in [1.54, 1.807) is 18.5 Å². The van der Waals surface area contributed by atoms with Crippen molar-refractivity contribution in [3.8, 4) is 0 Å². The summed E-state index contributed by atoms with van der Waals surface area (Å²) in [6.07, 6.45) is 5.86. The molecule has 1 aromatic carbocycles. The molecule has 2 aromatic rings. The van der Waals surface area contributed by atoms with E-state index in [0.717, 1.165) is 25.8 Å². The number of hydrogen-bond acceptors (Lipinski definition) is 4. The Morgan fingerprint density at radius 3 is 2.77 bits per heavy atom. The lowest BCUT2D eigenvalue weighted by atomic mass is 9.78. The van der Waals surface area contributed by atoms with Gasteiger partial charge in [0.25, 0.3) is 5.91 Å². The van der Waals surface area contributed by atoms with E-state index in [2.05, 4.69) is 23.8 Å². The molecular weight excluding hydrogens is 328 g/mol. The van der Waals surface area contributed by atoms with Crippen LogP contribution in [0.5, 0.6) is 0 Å². The maximum absolute atomic E-state index is 13.1. The first-order valence-electron chi connectivity index (χ1n) is 9.32. The zero-order valence-corrected chi connectivity index (χ0v) is 15.3. The van der Waals surface area contributed by atoms with Crippen molar-refractivity contribution < 1.29 is 9.59 Å². The van der Waals surface area contributed by atoms with Crippen LogP contribution in [0.2, 0.25) is 0 Å². The number of rotatable bonds is 2. The number of para-hydroxylation sites is 1. The monoisotopic (exact) mass is 352 g/mol. The molecule has 0 radical (unpaired) electrons. The molecule has 2 saturated heterocycles. The van der Waals surface area contributed by atoms with Crippen LogP contribution >= 0.6 is 0 Å². The molecule has 1 aromatic heterocycles. The second-order valence-electron chi connectivity index (χ2n) is 7.68. The summed E-state index contributed by atoms with van der Waals surface area (Å²) in [6.45, 7) is 6.07. The first kappa shape index (κ1) is 16.9. The molecule has 0 bridgehead atoms. The van der Waals surface area contributed by atoms with E-state index >= 15 is 0 Å². The van der Waals surface area contributed by atoms with Gasteiger partial charge in [-0.25, -0.2) is 0 Å². The van der Waals surface area contributed by atoms with Gasteiger partial charge < -0.3 is 9.80 Å². The van der Waals surface area contributed by atoms with Gasteiger partial charge in [0.15, 0.2) is 0 Å². The fourth-order valence-corrected chi connectivity index (χ4v) is 4.35. The molecule has 0 unspecified atom stereocenters. The van der Waals surface area contributed by atoms with E-state index in [1.807, 2.05) is 21.9 Å². The van der Waals surface area contributed by atoms with Crippen molar-refractivity contribution in [3.05, 3.63) is 36.2 Å². The summed E-state index contributed by atoms with van der Waals surface area (Å²) < 4.78 is 0. The molecule has 2 aliphatic heterocycles. The van der Waals surface area contributed by atoms with Crippen LogP contribution in [0, 0.1) is 5.41 Å². The maximum Gasteiger partial charge on any atom is 0.256 e. The van der Waals surface area contributed by atoms with Crippen LogP contribution in [0.4, 0.5) is 0 Å². The summed E-state index contributed by atoms with van der Waals surface area (Å²) in [5, 5.41) is 0. The van der Waals surface area contributed by atoms with E-state index in [-0.39, 0.29) is 17.9 Å². The molecule has 1 spiro atoms. The van der Waals surface area contributed by atoms with Gasteiger partial charge >= 0.3 is 0 Å². The second-order valence-corrected chi connectivity index (χ2v) is 7.68. The summed E-state index contributed by atoms with van der Waals surface area (Å²) in [7, 11) is 0. The van der Waals surface area contributed by atoms with Crippen LogP contribution in [0.15, 0.2) is 30.6 Å². The normalized spacial score (nSPS) is 23.4. The zero-order chi connectivity index (χ0) is 18.3. The standard InChI is InChI=1S/C20H24N4O2/c1-14(2)24-11-4-7-20(19(24)26)8-12-23(13-20)18(25)15-5-3-6-16-17(15)22-10-9-21-16/h3,5-6,9-10,14H,4,7-8,11-13H2,1-2H3/t20-/m1/s1. The van der Waals surface area contributed by atoms with E-state index in [0.29, 0.717) is 29.7 Å². The number of likely N-dealkylation sites (tertiary alicyclic amines) is 2. The number of nitrogens with zero attached hydrogens (tertiary/aromatic N) is 4. The minimum absolute atomic E-state index is 0.0533. The van der Waals surface area contributed by atoms with Crippen LogP contribution in [-0.4, -0.2) is 57.3 Å². The highest BCUT2D eigenvalue weighted by Gasteiger charge is 2.49. The third-order valence-electron chi connectivity index (χ3n) is 5.76. The Hall–Kier alpha value is -2.50. The minimum atomic E-state index is -0.408. The Kier molecular flexibility index (Phi) is 4.13. The third kappa shape index (κ3) is 2.64. The van der Waals surface area contributed by atoms with Crippen molar-refractivity contribution in [1.29, 1.82) is 0 Å². The molecule has 3 heterocycles. The Morgan fingerprint density at radius 2 is 1.96 bits per heavy atom. The van der Waals surface area contributed by atoms with Crippen molar-refractivity contribution in [3.63, 3.8) is 0 Å². The summed E-state index contributed by atoms with van der Waals surface area (Å²) in [5.74, 6) is 0.161. The Morgan fingerprint density at radius 1 is 1.15 bits per heavy atom. The van der Waals surface area contributed by atoms with Crippen molar-refractivity contribution in [1.82, 2.24) is 19.8 Å². The molecule has 136 valence electrons. The third-order valence-corrected chi connectivity index (χ3v) is 5.76. The van der Waals surface area contributed by atoms with Crippen LogP contribution < -0.4 is 0 Å². The highest BCUT2D eigenvalue weighted by molar-refractivity contribution is 6.05. The fraction of sp³-hybridized carbons (Fsp3) is 0.500. The predicted molar refractivity (Wildman–Crippen MR) is 98.6 cm³/mol. The zero-order valence-electron chi connectivity index (χ0n) is 15.3. The number of aromatic nitrogens is 2. The highest BCUT2D eigenvalue weighted by atomic mass is 16.2. The molecule has 1 atom stereocenters. The van der Waals surface area contributed by atoms with Gasteiger partial charge in [-0.05, 0) is 45.2 Å². The van der Waals surface area contributed by atoms with Gasteiger partial charge in [0.2, 0.25) is 5.91 Å². The highest BCUT2D eigenvalue weighted by Crippen LogP contribution is 2.41. The van der Waals surface area contributed by atoms with Crippen LogP contribution in [-0.2, 0) is 4.79 Å². The van der Waals surface area contributed by atoms with Gasteiger partial charge in [0.05, 0.1) is 16.5 Å². The van der Waals surface area contributed by atoms with Crippen LogP contribution in [0.25, 0.3) is 11.0 Å². The van der Waals surface area contributed by atoms with Crippen molar-refractivity contribution >= 4 is 22.8 Å². The molecule has 26 heavy (non-hydrogen) atoms. The second kappa shape index (κ2) is 6.34. The fourth-order valence-electron chi connectivity index (χ4n) is 4.35. The minimum Gasteiger partial charge on any atom is -0.340 e. The lowest BCUT2D eigenvalue weighted by Crippen LogP contribution is -2.52. The molecule has 2 amide bonds. The van der Waals surface area contributed by atoms with Crippen LogP contribution in [0.3, 0.4) is 0 Å². The summed E-state index contributed by atoms with van der Waals surface area (Å²) in [4.78, 5) is 38.6. The first-order chi connectivity index (χ1) is 12.5. The number of hydrogen-bond donors (Lipinski definition) is 0. The molecule has 2 aliphatic rings. The average molecular weight is 352 g/mol. The average Bonchev–Trinajstić information content (AvgIpc) is 3.08. The molecule has 0 N–H and O–H groups in total. The number of piperidine rings is 1. The largest absolute Gasteiger partial charge is 0.340 e. The molecule has 4 rings (SSSR count). The maximum atomic E-state index is 13.1. The van der Waals surface area contributed by atoms with Gasteiger partial charge in [-0.15, -0.1) is 0 Å². The van der Waals surface area contributed by atoms with Gasteiger partial charge in [0.1, 0.15) is 5.52 Å². The van der Waals surface area contributed by atoms with Crippen molar-refractivity contribution in [2.45, 2.75) is 39.2 Å². The molecule has 0 saturated carbocycles. The van der Waals surface area contributed by atoms with Crippen molar-refractivity contribution in [2.75, 3.05) is 19.6 Å². The number of fused-ring (bicyclic) bond motifs is 1. The molecule has 6 nitrogen and oxygen atoms in total. The van der Waals surface area contributed by atoms with Crippen LogP contribution in [0.1, 0.15) is 43.5 Å². The first-order valence-corrected chi connectivity index (χ1v) is 9.32. The Balaban J connectivity index is 1.60. The summed E-state index contributed by atoms with van der Waals surface area (Å²) in [5.41, 5.74) is 1.50. The van der Waals surface area contributed by atoms with E-state index in [1.165, 1.54) is 0 Å². The summed E-state index contributed by atoms with van der Waals surface area (Å²) >= 11 is 0. The molecule has 2 fully saturated rings. The van der Waals surface area contributed by atoms with Gasteiger partial charge in [-0.1, -0.05) is 6.07 Å². The quantitative estimate of drug-likeness (QED) is 0.833. The predicted octanol–water partition coefficient (Wildman–Crippen LogP) is 2.49. The van der Waals surface area contributed by atoms with Gasteiger partial charge in [-0.3, -0.25) is 19.6 Å². The summed E-state index contributed by atoms with van der Waals surface area (Å²) in [6, 6.07) is 5.70. The topological polar surface area (TPSA) is 66.4 Å². The SMILES string of the molecule is CC(C)N1CCC[C@]2(CCN(C(=O)c3cccc4nccnc34)C2)C1=O. The lowest BCUT2D eigenvalue weighted by Gasteiger charge is -2.41. The van der Waals surface area contributed by atoms with E-state index in [9.17, 15) is 9.59 Å². The van der Waals surface area contributed by atoms with Crippen molar-refractivity contribution in [2.24, 2.45) is 5.41 Å². The van der Waals surface area contributed by atoms with E-state index < -0.39 is 5.41 Å². The van der Waals surface area contributed by atoms with Gasteiger partial charge in [0, 0.05) is 38.1 Å². The smallest absolute Gasteiger partial charge is 0.256 e. The Labute approximate surface area is 153 Å². The number of amides is 2. The number of benzene rings is 1. The molecule has 0 aliphatic carbocycles.